The number of carbonyl (C=O) groups excluding carboxylic acids is 1. The molecule has 1 saturated carbocycles. The van der Waals surface area contributed by atoms with Gasteiger partial charge in [-0.3, -0.25) is 9.59 Å². The van der Waals surface area contributed by atoms with Crippen molar-refractivity contribution >= 4 is 11.8 Å². The Morgan fingerprint density at radius 3 is 2.14 bits per heavy atom. The van der Waals surface area contributed by atoms with Gasteiger partial charge >= 0.3 is 5.97 Å². The highest BCUT2D eigenvalue weighted by atomic mass is 16.4. The smallest absolute Gasteiger partial charge is 0.307 e. The van der Waals surface area contributed by atoms with Crippen molar-refractivity contribution in [3.8, 4) is 11.1 Å². The molecule has 0 bridgehead atoms. The number of carboxylic acids is 1. The largest absolute Gasteiger partial charge is 0.507 e. The molecule has 0 radical (unpaired) electrons. The molecule has 0 heterocycles. The Hall–Kier alpha value is -3.44. The molecular weight excluding hydrogens is 440 g/mol. The number of carboxylic acid groups (broad SMARTS) is 1. The van der Waals surface area contributed by atoms with Gasteiger partial charge in [-0.2, -0.15) is 0 Å². The van der Waals surface area contributed by atoms with Crippen molar-refractivity contribution in [1.82, 2.24) is 0 Å². The van der Waals surface area contributed by atoms with Gasteiger partial charge in [0.15, 0.2) is 5.78 Å². The first kappa shape index (κ1) is 26.2. The molecule has 0 aromatic heterocycles. The Morgan fingerprint density at radius 1 is 0.971 bits per heavy atom. The van der Waals surface area contributed by atoms with Crippen LogP contribution in [0.1, 0.15) is 51.0 Å². The van der Waals surface area contributed by atoms with Crippen molar-refractivity contribution in [2.45, 2.75) is 58.0 Å². The highest BCUT2D eigenvalue weighted by Gasteiger charge is 2.41. The highest BCUT2D eigenvalue weighted by molar-refractivity contribution is 6.03. The minimum atomic E-state index is -1.24. The Bertz CT molecular complexity index is 1100. The van der Waals surface area contributed by atoms with Crippen LogP contribution in [0.3, 0.4) is 0 Å². The van der Waals surface area contributed by atoms with Gasteiger partial charge < -0.3 is 15.3 Å². The third kappa shape index (κ3) is 6.58. The van der Waals surface area contributed by atoms with Gasteiger partial charge in [-0.25, -0.2) is 0 Å². The number of aliphatic hydroxyl groups is 2. The maximum atomic E-state index is 13.7. The standard InChI is InChI=1S/C30H34O5/c1-21(20-26(32)33)28(34)27(22(2)31)29(35)30(17-7-4-8-18-30)19-9-10-23-13-15-25(16-14-23)24-11-5-3-6-12-24/h3,5-6,9,11-16,19,22,31,34H,1,4,7-8,10,17-18,20H2,2H3,(H,32,33)/b19-9-,28-27?/t22-/m0/s1. The molecule has 5 nitrogen and oxygen atoms in total. The maximum absolute atomic E-state index is 13.7. The van der Waals surface area contributed by atoms with Gasteiger partial charge in [0.25, 0.3) is 0 Å². The van der Waals surface area contributed by atoms with Gasteiger partial charge in [0, 0.05) is 0 Å². The van der Waals surface area contributed by atoms with Crippen LogP contribution in [0.25, 0.3) is 11.1 Å². The van der Waals surface area contributed by atoms with E-state index in [4.69, 9.17) is 5.11 Å². The maximum Gasteiger partial charge on any atom is 0.307 e. The van der Waals surface area contributed by atoms with Crippen LogP contribution in [0.15, 0.2) is 90.2 Å². The van der Waals surface area contributed by atoms with E-state index in [-0.39, 0.29) is 16.9 Å². The second-order valence-corrected chi connectivity index (χ2v) is 9.33. The monoisotopic (exact) mass is 474 g/mol. The van der Waals surface area contributed by atoms with Crippen molar-refractivity contribution < 1.29 is 24.9 Å². The van der Waals surface area contributed by atoms with Crippen LogP contribution in [0.2, 0.25) is 0 Å². The SMILES string of the molecule is C=C(CC(=O)O)C(O)=C(C(=O)C1(/C=C\Cc2ccc(-c3ccccc3)cc2)CCCCC1)[C@H](C)O. The number of hydrogen-bond donors (Lipinski definition) is 3. The van der Waals surface area contributed by atoms with Crippen molar-refractivity contribution in [3.63, 3.8) is 0 Å². The minimum Gasteiger partial charge on any atom is -0.507 e. The summed E-state index contributed by atoms with van der Waals surface area (Å²) in [6, 6.07) is 18.5. The van der Waals surface area contributed by atoms with Crippen LogP contribution in [0, 0.1) is 5.41 Å². The van der Waals surface area contributed by atoms with E-state index in [1.54, 1.807) is 0 Å². The average molecular weight is 475 g/mol. The molecule has 1 fully saturated rings. The van der Waals surface area contributed by atoms with Crippen molar-refractivity contribution in [2.24, 2.45) is 5.41 Å². The fraction of sp³-hybridized carbons (Fsp3) is 0.333. The van der Waals surface area contributed by atoms with Crippen LogP contribution < -0.4 is 0 Å². The lowest BCUT2D eigenvalue weighted by molar-refractivity contribution is -0.136. The molecule has 0 amide bonds. The van der Waals surface area contributed by atoms with Gasteiger partial charge in [-0.05, 0) is 48.4 Å². The summed E-state index contributed by atoms with van der Waals surface area (Å²) in [4.78, 5) is 24.8. The molecular formula is C30H34O5. The first-order valence-electron chi connectivity index (χ1n) is 12.1. The lowest BCUT2D eigenvalue weighted by Crippen LogP contribution is -2.36. The van der Waals surface area contributed by atoms with Crippen LogP contribution in [0.5, 0.6) is 0 Å². The van der Waals surface area contributed by atoms with E-state index in [1.165, 1.54) is 6.92 Å². The molecule has 1 aliphatic rings. The predicted octanol–water partition coefficient (Wildman–Crippen LogP) is 6.20. The molecule has 35 heavy (non-hydrogen) atoms. The number of ketones is 1. The molecule has 1 aliphatic carbocycles. The lowest BCUT2D eigenvalue weighted by Gasteiger charge is -2.35. The normalized spacial score (nSPS) is 17.0. The molecule has 5 heteroatoms. The van der Waals surface area contributed by atoms with Gasteiger partial charge in [-0.15, -0.1) is 0 Å². The van der Waals surface area contributed by atoms with Crippen LogP contribution in [0.4, 0.5) is 0 Å². The zero-order chi connectivity index (χ0) is 25.4. The van der Waals surface area contributed by atoms with Crippen molar-refractivity contribution in [3.05, 3.63) is 95.8 Å². The van der Waals surface area contributed by atoms with Crippen molar-refractivity contribution in [1.29, 1.82) is 0 Å². The molecule has 1 atom stereocenters. The van der Waals surface area contributed by atoms with E-state index < -0.39 is 29.7 Å². The molecule has 0 unspecified atom stereocenters. The summed E-state index contributed by atoms with van der Waals surface area (Å²) in [6.45, 7) is 5.02. The number of hydrogen-bond acceptors (Lipinski definition) is 4. The van der Waals surface area contributed by atoms with Gasteiger partial charge in [0.2, 0.25) is 0 Å². The number of rotatable bonds is 10. The zero-order valence-electron chi connectivity index (χ0n) is 20.2. The van der Waals surface area contributed by atoms with E-state index in [0.29, 0.717) is 19.3 Å². The summed E-state index contributed by atoms with van der Waals surface area (Å²) in [5.41, 5.74) is 2.32. The fourth-order valence-corrected chi connectivity index (χ4v) is 4.76. The molecule has 184 valence electrons. The molecule has 0 aliphatic heterocycles. The quantitative estimate of drug-likeness (QED) is 0.165. The molecule has 3 N–H and O–H groups in total. The van der Waals surface area contributed by atoms with E-state index in [9.17, 15) is 19.8 Å². The van der Waals surface area contributed by atoms with E-state index in [1.807, 2.05) is 30.4 Å². The molecule has 0 spiro atoms. The highest BCUT2D eigenvalue weighted by Crippen LogP contribution is 2.42. The van der Waals surface area contributed by atoms with Crippen LogP contribution in [-0.2, 0) is 16.0 Å². The molecule has 3 rings (SSSR count). The minimum absolute atomic E-state index is 0.0878. The number of Topliss-reactive ketones (excluding diaryl/α,β-unsaturated/α-hetero) is 1. The Labute approximate surface area is 207 Å². The topological polar surface area (TPSA) is 94.8 Å². The van der Waals surface area contributed by atoms with Crippen LogP contribution in [-0.4, -0.2) is 33.2 Å². The van der Waals surface area contributed by atoms with Crippen molar-refractivity contribution in [2.75, 3.05) is 0 Å². The molecule has 2 aromatic rings. The number of carbonyl (C=O) groups is 2. The lowest BCUT2D eigenvalue weighted by atomic mass is 9.68. The number of aliphatic carboxylic acids is 1. The Morgan fingerprint density at radius 2 is 1.57 bits per heavy atom. The van der Waals surface area contributed by atoms with E-state index >= 15 is 0 Å². The second kappa shape index (κ2) is 11.8. The summed E-state index contributed by atoms with van der Waals surface area (Å²) in [6.07, 6.45) is 6.80. The van der Waals surface area contributed by atoms with E-state index in [2.05, 4.69) is 43.0 Å². The average Bonchev–Trinajstić information content (AvgIpc) is 2.85. The predicted molar refractivity (Wildman–Crippen MR) is 138 cm³/mol. The van der Waals surface area contributed by atoms with E-state index in [0.717, 1.165) is 36.0 Å². The summed E-state index contributed by atoms with van der Waals surface area (Å²) < 4.78 is 0. The number of aliphatic hydroxyl groups excluding tert-OH is 2. The third-order valence-corrected chi connectivity index (χ3v) is 6.67. The summed E-state index contributed by atoms with van der Waals surface area (Å²) in [5, 5.41) is 30.0. The molecule has 2 aromatic carbocycles. The molecule has 0 saturated heterocycles. The Kier molecular flexibility index (Phi) is 8.83. The van der Waals surface area contributed by atoms with Gasteiger partial charge in [-0.1, -0.05) is 92.6 Å². The summed E-state index contributed by atoms with van der Waals surface area (Å²) in [7, 11) is 0. The van der Waals surface area contributed by atoms with Gasteiger partial charge in [0.05, 0.1) is 23.5 Å². The van der Waals surface area contributed by atoms with Gasteiger partial charge in [0.1, 0.15) is 5.76 Å². The third-order valence-electron chi connectivity index (χ3n) is 6.67. The first-order chi connectivity index (χ1) is 16.7. The zero-order valence-corrected chi connectivity index (χ0v) is 20.2. The first-order valence-corrected chi connectivity index (χ1v) is 12.1. The number of benzene rings is 2. The second-order valence-electron chi connectivity index (χ2n) is 9.33. The fourth-order valence-electron chi connectivity index (χ4n) is 4.76. The number of allylic oxidation sites excluding steroid dienone is 3. The summed E-state index contributed by atoms with van der Waals surface area (Å²) >= 11 is 0. The van der Waals surface area contributed by atoms with Crippen LogP contribution >= 0.6 is 0 Å². The Balaban J connectivity index is 1.83. The summed E-state index contributed by atoms with van der Waals surface area (Å²) in [5.74, 6) is -2.03.